The zero-order valence-electron chi connectivity index (χ0n) is 17.9. The predicted molar refractivity (Wildman–Crippen MR) is 120 cm³/mol. The molecule has 0 aliphatic rings. The Morgan fingerprint density at radius 2 is 1.68 bits per heavy atom. The van der Waals surface area contributed by atoms with Crippen molar-refractivity contribution in [3.8, 4) is 0 Å². The van der Waals surface area contributed by atoms with Crippen molar-refractivity contribution in [2.45, 2.75) is 31.7 Å². The topological polar surface area (TPSA) is 66.5 Å². The van der Waals surface area contributed by atoms with Gasteiger partial charge >= 0.3 is 0 Å². The molecule has 5 nitrogen and oxygen atoms in total. The molecule has 0 aromatic heterocycles. The lowest BCUT2D eigenvalue weighted by molar-refractivity contribution is 0.0939. The molecule has 0 saturated heterocycles. The molecule has 0 heterocycles. The zero-order chi connectivity index (χ0) is 22.8. The van der Waals surface area contributed by atoms with Gasteiger partial charge in [-0.1, -0.05) is 29.8 Å². The molecule has 0 aliphatic carbocycles. The quantitative estimate of drug-likeness (QED) is 0.601. The van der Waals surface area contributed by atoms with E-state index in [4.69, 9.17) is 0 Å². The van der Waals surface area contributed by atoms with Crippen LogP contribution in [-0.2, 0) is 10.0 Å². The molecule has 3 aromatic rings. The molecule has 0 saturated carbocycles. The second-order valence-corrected chi connectivity index (χ2v) is 9.50. The third kappa shape index (κ3) is 4.94. The fraction of sp³-hybridized carbons (Fsp3) is 0.208. The van der Waals surface area contributed by atoms with E-state index in [0.29, 0.717) is 5.69 Å². The second-order valence-electron chi connectivity index (χ2n) is 7.53. The number of hydrogen-bond acceptors (Lipinski definition) is 3. The molecule has 7 heteroatoms. The minimum absolute atomic E-state index is 0.0219. The number of anilines is 1. The fourth-order valence-electron chi connectivity index (χ4n) is 3.33. The molecule has 1 N–H and O–H groups in total. The van der Waals surface area contributed by atoms with Crippen molar-refractivity contribution in [1.29, 1.82) is 0 Å². The molecule has 3 rings (SSSR count). The van der Waals surface area contributed by atoms with E-state index < -0.39 is 15.8 Å². The summed E-state index contributed by atoms with van der Waals surface area (Å²) in [7, 11) is -2.54. The third-order valence-corrected chi connectivity index (χ3v) is 6.98. The number of aryl methyl sites for hydroxylation is 2. The molecule has 0 bridgehead atoms. The van der Waals surface area contributed by atoms with Gasteiger partial charge < -0.3 is 5.32 Å². The van der Waals surface area contributed by atoms with Crippen molar-refractivity contribution >= 4 is 21.6 Å². The zero-order valence-corrected chi connectivity index (χ0v) is 18.7. The van der Waals surface area contributed by atoms with Crippen LogP contribution in [0.2, 0.25) is 0 Å². The van der Waals surface area contributed by atoms with E-state index >= 15 is 0 Å². The van der Waals surface area contributed by atoms with Gasteiger partial charge in [-0.05, 0) is 74.4 Å². The second kappa shape index (κ2) is 8.89. The molecular formula is C24H25FN2O3S. The maximum absolute atomic E-state index is 13.2. The number of carbonyl (C=O) groups is 1. The Hall–Kier alpha value is -3.19. The Balaban J connectivity index is 1.84. The van der Waals surface area contributed by atoms with E-state index in [1.54, 1.807) is 6.07 Å². The van der Waals surface area contributed by atoms with Gasteiger partial charge in [0.1, 0.15) is 5.82 Å². The molecule has 0 aliphatic heterocycles. The minimum Gasteiger partial charge on any atom is -0.346 e. The van der Waals surface area contributed by atoms with Crippen molar-refractivity contribution in [1.82, 2.24) is 5.32 Å². The first-order valence-electron chi connectivity index (χ1n) is 9.82. The summed E-state index contributed by atoms with van der Waals surface area (Å²) in [6.07, 6.45) is 0. The number of amides is 1. The van der Waals surface area contributed by atoms with Gasteiger partial charge in [0.15, 0.2) is 0 Å². The molecule has 31 heavy (non-hydrogen) atoms. The van der Waals surface area contributed by atoms with Gasteiger partial charge in [-0.3, -0.25) is 9.10 Å². The van der Waals surface area contributed by atoms with Crippen LogP contribution in [0.3, 0.4) is 0 Å². The highest BCUT2D eigenvalue weighted by Crippen LogP contribution is 2.24. The van der Waals surface area contributed by atoms with Gasteiger partial charge in [0, 0.05) is 12.6 Å². The van der Waals surface area contributed by atoms with E-state index in [1.807, 2.05) is 39.0 Å². The van der Waals surface area contributed by atoms with E-state index in [1.165, 1.54) is 49.5 Å². The number of benzene rings is 3. The van der Waals surface area contributed by atoms with Gasteiger partial charge in [-0.15, -0.1) is 0 Å². The van der Waals surface area contributed by atoms with Crippen molar-refractivity contribution < 1.29 is 17.6 Å². The molecule has 0 spiro atoms. The maximum Gasteiger partial charge on any atom is 0.264 e. The standard InChI is InChI=1S/C24H25FN2O3S/c1-16-8-9-17(2)23(14-16)18(3)26-24(28)19-6-5-7-22(15-19)31(29,30)27(4)21-12-10-20(25)11-13-21/h5-15,18H,1-4H3,(H,26,28). The lowest BCUT2D eigenvalue weighted by atomic mass is 10.00. The van der Waals surface area contributed by atoms with Crippen LogP contribution >= 0.6 is 0 Å². The van der Waals surface area contributed by atoms with Crippen LogP contribution in [0.4, 0.5) is 10.1 Å². The fourth-order valence-corrected chi connectivity index (χ4v) is 4.57. The first-order chi connectivity index (χ1) is 14.6. The molecule has 1 atom stereocenters. The number of hydrogen-bond donors (Lipinski definition) is 1. The van der Waals surface area contributed by atoms with Crippen LogP contribution in [0.25, 0.3) is 0 Å². The Labute approximate surface area is 182 Å². The Morgan fingerprint density at radius 1 is 1.00 bits per heavy atom. The molecule has 1 unspecified atom stereocenters. The Bertz CT molecular complexity index is 1210. The van der Waals surface area contributed by atoms with E-state index in [0.717, 1.165) is 21.0 Å². The predicted octanol–water partition coefficient (Wildman–Crippen LogP) is 4.76. The number of sulfonamides is 1. The Morgan fingerprint density at radius 3 is 2.35 bits per heavy atom. The molecular weight excluding hydrogens is 415 g/mol. The van der Waals surface area contributed by atoms with Crippen molar-refractivity contribution in [3.05, 3.63) is 94.8 Å². The van der Waals surface area contributed by atoms with E-state index in [9.17, 15) is 17.6 Å². The largest absolute Gasteiger partial charge is 0.346 e. The highest BCUT2D eigenvalue weighted by Gasteiger charge is 2.23. The van der Waals surface area contributed by atoms with Crippen LogP contribution < -0.4 is 9.62 Å². The number of nitrogens with zero attached hydrogens (tertiary/aromatic N) is 1. The van der Waals surface area contributed by atoms with Crippen LogP contribution in [0.1, 0.15) is 40.0 Å². The number of nitrogens with one attached hydrogen (secondary N) is 1. The van der Waals surface area contributed by atoms with Crippen molar-refractivity contribution in [2.24, 2.45) is 0 Å². The lowest BCUT2D eigenvalue weighted by Crippen LogP contribution is -2.29. The van der Waals surface area contributed by atoms with Crippen molar-refractivity contribution in [3.63, 3.8) is 0 Å². The van der Waals surface area contributed by atoms with Gasteiger partial charge in [0.25, 0.3) is 15.9 Å². The molecule has 162 valence electrons. The van der Waals surface area contributed by atoms with Crippen molar-refractivity contribution in [2.75, 3.05) is 11.4 Å². The lowest BCUT2D eigenvalue weighted by Gasteiger charge is -2.20. The van der Waals surface area contributed by atoms with Gasteiger partial charge in [-0.2, -0.15) is 0 Å². The SMILES string of the molecule is Cc1ccc(C)c(C(C)NC(=O)c2cccc(S(=O)(=O)N(C)c3ccc(F)cc3)c2)c1. The highest BCUT2D eigenvalue weighted by molar-refractivity contribution is 7.92. The average Bonchev–Trinajstić information content (AvgIpc) is 2.75. The third-order valence-electron chi connectivity index (χ3n) is 5.19. The summed E-state index contributed by atoms with van der Waals surface area (Å²) < 4.78 is 40.3. The van der Waals surface area contributed by atoms with E-state index in [-0.39, 0.29) is 22.4 Å². The molecule has 3 aromatic carbocycles. The first kappa shape index (κ1) is 22.5. The summed E-state index contributed by atoms with van der Waals surface area (Å²) in [6.45, 7) is 5.86. The number of rotatable bonds is 6. The number of halogens is 1. The van der Waals surface area contributed by atoms with Crippen LogP contribution in [0.5, 0.6) is 0 Å². The van der Waals surface area contributed by atoms with Gasteiger partial charge in [-0.25, -0.2) is 12.8 Å². The summed E-state index contributed by atoms with van der Waals surface area (Å²) in [4.78, 5) is 12.8. The smallest absolute Gasteiger partial charge is 0.264 e. The summed E-state index contributed by atoms with van der Waals surface area (Å²) in [5, 5.41) is 2.94. The van der Waals surface area contributed by atoms with E-state index in [2.05, 4.69) is 5.32 Å². The van der Waals surface area contributed by atoms with Crippen LogP contribution in [0, 0.1) is 19.7 Å². The summed E-state index contributed by atoms with van der Waals surface area (Å²) >= 11 is 0. The minimum atomic E-state index is -3.92. The monoisotopic (exact) mass is 440 g/mol. The molecule has 1 amide bonds. The maximum atomic E-state index is 13.2. The van der Waals surface area contributed by atoms with Crippen LogP contribution in [-0.4, -0.2) is 21.4 Å². The average molecular weight is 441 g/mol. The van der Waals surface area contributed by atoms with Gasteiger partial charge in [0.05, 0.1) is 16.6 Å². The Kier molecular flexibility index (Phi) is 6.45. The van der Waals surface area contributed by atoms with Crippen LogP contribution in [0.15, 0.2) is 71.6 Å². The summed E-state index contributed by atoms with van der Waals surface area (Å²) in [6, 6.07) is 16.8. The molecule has 0 radical (unpaired) electrons. The summed E-state index contributed by atoms with van der Waals surface area (Å²) in [5.74, 6) is -0.818. The highest BCUT2D eigenvalue weighted by atomic mass is 32.2. The molecule has 0 fully saturated rings. The first-order valence-corrected chi connectivity index (χ1v) is 11.3. The summed E-state index contributed by atoms with van der Waals surface area (Å²) in [5.41, 5.74) is 3.73. The van der Waals surface area contributed by atoms with Gasteiger partial charge in [0.2, 0.25) is 0 Å². The normalized spacial score (nSPS) is 12.3. The number of carbonyl (C=O) groups excluding carboxylic acids is 1.